The van der Waals surface area contributed by atoms with Crippen LogP contribution in [0.3, 0.4) is 0 Å². The number of hydrogen-bond donors (Lipinski definition) is 0. The Morgan fingerprint density at radius 3 is 2.13 bits per heavy atom. The molecule has 88 valence electrons. The standard InChI is InChI=1S/C12H24O2Si/c1-8-11(6)15(7,10(4)5)14-12(13)9(2)3/h10-11H,2,8H2,1,3-7H3. The van der Waals surface area contributed by atoms with Crippen LogP contribution in [0.25, 0.3) is 0 Å². The summed E-state index contributed by atoms with van der Waals surface area (Å²) in [7, 11) is -1.97. The van der Waals surface area contributed by atoms with Crippen molar-refractivity contribution in [2.75, 3.05) is 0 Å². The van der Waals surface area contributed by atoms with Crippen molar-refractivity contribution in [2.24, 2.45) is 0 Å². The van der Waals surface area contributed by atoms with Crippen LogP contribution >= 0.6 is 0 Å². The second kappa shape index (κ2) is 5.49. The van der Waals surface area contributed by atoms with Crippen LogP contribution in [0.2, 0.25) is 17.6 Å². The summed E-state index contributed by atoms with van der Waals surface area (Å²) in [6.07, 6.45) is 1.06. The summed E-state index contributed by atoms with van der Waals surface area (Å²) in [5.74, 6) is -0.224. The highest BCUT2D eigenvalue weighted by Crippen LogP contribution is 2.35. The first-order valence-electron chi connectivity index (χ1n) is 5.64. The molecule has 0 aromatic heterocycles. The van der Waals surface area contributed by atoms with Gasteiger partial charge >= 0.3 is 5.97 Å². The molecule has 0 N–H and O–H groups in total. The zero-order chi connectivity index (χ0) is 12.2. The third-order valence-electron chi connectivity index (χ3n) is 3.40. The summed E-state index contributed by atoms with van der Waals surface area (Å²) < 4.78 is 5.71. The fourth-order valence-corrected chi connectivity index (χ4v) is 4.44. The van der Waals surface area contributed by atoms with Crippen molar-refractivity contribution in [3.05, 3.63) is 12.2 Å². The topological polar surface area (TPSA) is 26.3 Å². The average Bonchev–Trinajstić information content (AvgIpc) is 2.15. The molecule has 0 fully saturated rings. The lowest BCUT2D eigenvalue weighted by atomic mass is 10.4. The van der Waals surface area contributed by atoms with Crippen molar-refractivity contribution in [3.8, 4) is 0 Å². The maximum Gasteiger partial charge on any atom is 0.319 e. The van der Waals surface area contributed by atoms with Crippen molar-refractivity contribution in [3.63, 3.8) is 0 Å². The van der Waals surface area contributed by atoms with Crippen molar-refractivity contribution in [1.29, 1.82) is 0 Å². The summed E-state index contributed by atoms with van der Waals surface area (Å²) in [6.45, 7) is 16.1. The monoisotopic (exact) mass is 228 g/mol. The van der Waals surface area contributed by atoms with E-state index in [0.29, 0.717) is 16.7 Å². The van der Waals surface area contributed by atoms with Gasteiger partial charge < -0.3 is 4.43 Å². The van der Waals surface area contributed by atoms with Gasteiger partial charge in [-0.05, 0) is 24.6 Å². The van der Waals surface area contributed by atoms with Crippen LogP contribution in [0.5, 0.6) is 0 Å². The van der Waals surface area contributed by atoms with Crippen molar-refractivity contribution < 1.29 is 9.22 Å². The van der Waals surface area contributed by atoms with E-state index < -0.39 is 8.32 Å². The van der Waals surface area contributed by atoms with Crippen LogP contribution in [-0.4, -0.2) is 14.3 Å². The minimum Gasteiger partial charge on any atom is -0.516 e. The van der Waals surface area contributed by atoms with Gasteiger partial charge in [-0.15, -0.1) is 0 Å². The first-order chi connectivity index (χ1) is 6.75. The quantitative estimate of drug-likeness (QED) is 0.527. The smallest absolute Gasteiger partial charge is 0.319 e. The van der Waals surface area contributed by atoms with Gasteiger partial charge in [0.2, 0.25) is 0 Å². The Balaban J connectivity index is 4.81. The fourth-order valence-electron chi connectivity index (χ4n) is 1.48. The third kappa shape index (κ3) is 3.49. The Hall–Kier alpha value is -0.573. The minimum atomic E-state index is -1.97. The van der Waals surface area contributed by atoms with Gasteiger partial charge in [-0.1, -0.05) is 40.7 Å². The number of carbonyl (C=O) groups is 1. The Morgan fingerprint density at radius 2 is 1.87 bits per heavy atom. The third-order valence-corrected chi connectivity index (χ3v) is 8.68. The summed E-state index contributed by atoms with van der Waals surface area (Å²) in [5.41, 5.74) is 1.43. The molecule has 0 spiro atoms. The predicted molar refractivity (Wildman–Crippen MR) is 67.3 cm³/mol. The van der Waals surface area contributed by atoms with Crippen molar-refractivity contribution in [2.45, 2.75) is 58.7 Å². The van der Waals surface area contributed by atoms with Crippen molar-refractivity contribution in [1.82, 2.24) is 0 Å². The molecule has 0 aromatic rings. The van der Waals surface area contributed by atoms with Crippen LogP contribution in [0.4, 0.5) is 0 Å². The minimum absolute atomic E-state index is 0.224. The molecule has 0 radical (unpaired) electrons. The molecule has 3 heteroatoms. The molecule has 0 heterocycles. The van der Waals surface area contributed by atoms with Crippen LogP contribution in [0.15, 0.2) is 12.2 Å². The van der Waals surface area contributed by atoms with Gasteiger partial charge in [0.15, 0.2) is 0 Å². The Kier molecular flexibility index (Phi) is 5.28. The normalized spacial score (nSPS) is 17.0. The molecule has 0 saturated heterocycles. The lowest BCUT2D eigenvalue weighted by Crippen LogP contribution is -2.44. The van der Waals surface area contributed by atoms with Crippen LogP contribution in [-0.2, 0) is 9.22 Å². The molecule has 0 aliphatic rings. The molecular weight excluding hydrogens is 204 g/mol. The number of hydrogen-bond acceptors (Lipinski definition) is 2. The fraction of sp³-hybridized carbons (Fsp3) is 0.750. The molecule has 2 unspecified atom stereocenters. The van der Waals surface area contributed by atoms with E-state index in [1.807, 2.05) is 0 Å². The molecule has 0 saturated carbocycles. The molecule has 0 aliphatic heterocycles. The van der Waals surface area contributed by atoms with E-state index >= 15 is 0 Å². The molecule has 2 atom stereocenters. The maximum absolute atomic E-state index is 11.6. The van der Waals surface area contributed by atoms with E-state index in [0.717, 1.165) is 6.42 Å². The molecule has 0 aromatic carbocycles. The average molecular weight is 228 g/mol. The van der Waals surface area contributed by atoms with E-state index in [-0.39, 0.29) is 5.97 Å². The van der Waals surface area contributed by atoms with E-state index in [1.54, 1.807) is 6.92 Å². The van der Waals surface area contributed by atoms with Gasteiger partial charge in [0.05, 0.1) is 0 Å². The maximum atomic E-state index is 11.6. The number of rotatable bonds is 5. The first kappa shape index (κ1) is 14.4. The highest BCUT2D eigenvalue weighted by Gasteiger charge is 2.41. The van der Waals surface area contributed by atoms with Gasteiger partial charge in [0.25, 0.3) is 8.32 Å². The van der Waals surface area contributed by atoms with Crippen LogP contribution < -0.4 is 0 Å². The van der Waals surface area contributed by atoms with E-state index in [4.69, 9.17) is 4.43 Å². The first-order valence-corrected chi connectivity index (χ1v) is 8.20. The lowest BCUT2D eigenvalue weighted by Gasteiger charge is -2.35. The van der Waals surface area contributed by atoms with Gasteiger partial charge in [-0.25, -0.2) is 4.79 Å². The van der Waals surface area contributed by atoms with Crippen molar-refractivity contribution >= 4 is 14.3 Å². The zero-order valence-electron chi connectivity index (χ0n) is 10.9. The molecule has 0 bridgehead atoms. The summed E-state index contributed by atoms with van der Waals surface area (Å²) in [5, 5.41) is 0. The van der Waals surface area contributed by atoms with Gasteiger partial charge in [-0.2, -0.15) is 0 Å². The SMILES string of the molecule is C=C(C)C(=O)O[Si](C)(C(C)C)C(C)CC. The summed E-state index contributed by atoms with van der Waals surface area (Å²) >= 11 is 0. The Bertz CT molecular complexity index is 248. The highest BCUT2D eigenvalue weighted by atomic mass is 28.4. The van der Waals surface area contributed by atoms with Gasteiger partial charge in [0, 0.05) is 5.57 Å². The molecular formula is C12H24O2Si. The number of carbonyl (C=O) groups excluding carboxylic acids is 1. The molecule has 0 amide bonds. The molecule has 2 nitrogen and oxygen atoms in total. The largest absolute Gasteiger partial charge is 0.516 e. The second-order valence-electron chi connectivity index (χ2n) is 4.82. The molecule has 0 rings (SSSR count). The van der Waals surface area contributed by atoms with E-state index in [1.165, 1.54) is 0 Å². The molecule has 15 heavy (non-hydrogen) atoms. The Labute approximate surface area is 94.8 Å². The van der Waals surface area contributed by atoms with Gasteiger partial charge in [0.1, 0.15) is 0 Å². The predicted octanol–water partition coefficient (Wildman–Crippen LogP) is 3.89. The highest BCUT2D eigenvalue weighted by molar-refractivity contribution is 6.76. The molecule has 0 aliphatic carbocycles. The lowest BCUT2D eigenvalue weighted by molar-refractivity contribution is -0.131. The van der Waals surface area contributed by atoms with Gasteiger partial charge in [-0.3, -0.25) is 0 Å². The summed E-state index contributed by atoms with van der Waals surface area (Å²) in [6, 6.07) is 0. The summed E-state index contributed by atoms with van der Waals surface area (Å²) in [4.78, 5) is 11.6. The zero-order valence-corrected chi connectivity index (χ0v) is 11.9. The Morgan fingerprint density at radius 1 is 1.40 bits per heavy atom. The van der Waals surface area contributed by atoms with E-state index in [2.05, 4.69) is 40.8 Å². The van der Waals surface area contributed by atoms with Crippen LogP contribution in [0.1, 0.15) is 41.0 Å². The van der Waals surface area contributed by atoms with Crippen LogP contribution in [0, 0.1) is 0 Å². The van der Waals surface area contributed by atoms with E-state index in [9.17, 15) is 4.79 Å². The second-order valence-corrected chi connectivity index (χ2v) is 9.53.